The molecule has 2 heterocycles. The van der Waals surface area contributed by atoms with Gasteiger partial charge < -0.3 is 5.11 Å². The minimum Gasteiger partial charge on any atom is -0.507 e. The molecule has 0 aliphatic rings. The second-order valence-electron chi connectivity index (χ2n) is 7.65. The van der Waals surface area contributed by atoms with Gasteiger partial charge in [0, 0.05) is 22.7 Å². The molecule has 0 fully saturated rings. The van der Waals surface area contributed by atoms with E-state index in [1.54, 1.807) is 17.4 Å². The first kappa shape index (κ1) is 18.7. The molecule has 0 bridgehead atoms. The highest BCUT2D eigenvalue weighted by molar-refractivity contribution is 7.21. The number of thiazole rings is 1. The second kappa shape index (κ2) is 7.59. The molecular formula is C28H18N2OS. The van der Waals surface area contributed by atoms with E-state index in [2.05, 4.69) is 59.6 Å². The summed E-state index contributed by atoms with van der Waals surface area (Å²) in [6, 6.07) is 32.4. The summed E-state index contributed by atoms with van der Waals surface area (Å²) in [4.78, 5) is 9.60. The van der Waals surface area contributed by atoms with E-state index in [1.165, 1.54) is 5.39 Å². The summed E-state index contributed by atoms with van der Waals surface area (Å²) in [7, 11) is 0. The normalized spacial score (nSPS) is 11.2. The van der Waals surface area contributed by atoms with Gasteiger partial charge in [-0.25, -0.2) is 4.98 Å². The molecule has 6 aromatic rings. The lowest BCUT2D eigenvalue weighted by Gasteiger charge is -2.09. The van der Waals surface area contributed by atoms with Crippen molar-refractivity contribution < 1.29 is 5.11 Å². The number of benzene rings is 4. The maximum atomic E-state index is 10.3. The minimum atomic E-state index is 0.247. The molecule has 0 radical (unpaired) electrons. The van der Waals surface area contributed by atoms with Crippen LogP contribution in [0.3, 0.4) is 0 Å². The first-order valence-electron chi connectivity index (χ1n) is 10.4. The van der Waals surface area contributed by atoms with Crippen molar-refractivity contribution in [2.24, 2.45) is 0 Å². The number of aromatic hydroxyl groups is 1. The molecule has 32 heavy (non-hydrogen) atoms. The summed E-state index contributed by atoms with van der Waals surface area (Å²) < 4.78 is 1.09. The Kier molecular flexibility index (Phi) is 4.44. The average molecular weight is 431 g/mol. The third kappa shape index (κ3) is 3.13. The number of nitrogens with zero attached hydrogens (tertiary/aromatic N) is 2. The Morgan fingerprint density at radius 1 is 0.688 bits per heavy atom. The zero-order valence-electron chi connectivity index (χ0n) is 17.1. The molecule has 0 aliphatic heterocycles. The van der Waals surface area contributed by atoms with Crippen molar-refractivity contribution in [3.63, 3.8) is 0 Å². The number of rotatable bonds is 3. The summed E-state index contributed by atoms with van der Waals surface area (Å²) in [6.07, 6.45) is 1.87. The van der Waals surface area contributed by atoms with Crippen molar-refractivity contribution in [2.45, 2.75) is 0 Å². The molecule has 152 valence electrons. The van der Waals surface area contributed by atoms with Gasteiger partial charge >= 0.3 is 0 Å². The maximum absolute atomic E-state index is 10.3. The largest absolute Gasteiger partial charge is 0.507 e. The van der Waals surface area contributed by atoms with E-state index in [-0.39, 0.29) is 5.75 Å². The second-order valence-corrected chi connectivity index (χ2v) is 8.68. The van der Waals surface area contributed by atoms with Gasteiger partial charge in [-0.2, -0.15) is 0 Å². The van der Waals surface area contributed by atoms with Gasteiger partial charge in [0.25, 0.3) is 0 Å². The first-order chi connectivity index (χ1) is 15.8. The third-order valence-electron chi connectivity index (χ3n) is 5.67. The Hall–Kier alpha value is -4.02. The number of fused-ring (bicyclic) bond motifs is 2. The Morgan fingerprint density at radius 2 is 1.47 bits per heavy atom. The van der Waals surface area contributed by atoms with Crippen LogP contribution in [0.15, 0.2) is 103 Å². The van der Waals surface area contributed by atoms with Crippen LogP contribution in [0.2, 0.25) is 0 Å². The summed E-state index contributed by atoms with van der Waals surface area (Å²) >= 11 is 1.59. The van der Waals surface area contributed by atoms with Crippen LogP contribution in [0.4, 0.5) is 0 Å². The van der Waals surface area contributed by atoms with Crippen molar-refractivity contribution in [3.8, 4) is 38.7 Å². The molecule has 4 heteroatoms. The summed E-state index contributed by atoms with van der Waals surface area (Å²) in [5.74, 6) is 0.247. The first-order valence-corrected chi connectivity index (χ1v) is 11.2. The molecule has 0 saturated carbocycles. The lowest BCUT2D eigenvalue weighted by Crippen LogP contribution is -1.87. The van der Waals surface area contributed by atoms with Crippen molar-refractivity contribution in [3.05, 3.63) is 103 Å². The number of hydrogen-bond donors (Lipinski definition) is 1. The quantitative estimate of drug-likeness (QED) is 0.315. The van der Waals surface area contributed by atoms with E-state index in [4.69, 9.17) is 4.98 Å². The van der Waals surface area contributed by atoms with Gasteiger partial charge in [-0.15, -0.1) is 11.3 Å². The van der Waals surface area contributed by atoms with Crippen LogP contribution in [0.25, 0.3) is 53.9 Å². The number of pyridine rings is 1. The SMILES string of the molecule is Oc1ccccc1-c1nc2c(-c3cccc(-c4nccc5ccccc45)c3)cccc2s1. The maximum Gasteiger partial charge on any atom is 0.128 e. The van der Waals surface area contributed by atoms with Crippen molar-refractivity contribution >= 4 is 32.3 Å². The van der Waals surface area contributed by atoms with Crippen molar-refractivity contribution in [2.75, 3.05) is 0 Å². The van der Waals surface area contributed by atoms with E-state index in [0.717, 1.165) is 48.6 Å². The van der Waals surface area contributed by atoms with Gasteiger partial charge in [0.2, 0.25) is 0 Å². The molecule has 0 unspecified atom stereocenters. The topological polar surface area (TPSA) is 46.0 Å². The van der Waals surface area contributed by atoms with Crippen molar-refractivity contribution in [1.82, 2.24) is 9.97 Å². The van der Waals surface area contributed by atoms with E-state index in [1.807, 2.05) is 42.6 Å². The van der Waals surface area contributed by atoms with Crippen LogP contribution in [0.1, 0.15) is 0 Å². The van der Waals surface area contributed by atoms with Crippen molar-refractivity contribution in [1.29, 1.82) is 0 Å². The van der Waals surface area contributed by atoms with Gasteiger partial charge in [0.05, 0.1) is 21.5 Å². The van der Waals surface area contributed by atoms with Gasteiger partial charge in [-0.05, 0) is 41.3 Å². The predicted octanol–water partition coefficient (Wildman–Crippen LogP) is 7.55. The molecular weight excluding hydrogens is 412 g/mol. The molecule has 0 spiro atoms. The highest BCUT2D eigenvalue weighted by atomic mass is 32.1. The van der Waals surface area contributed by atoms with E-state index in [9.17, 15) is 5.11 Å². The number of phenolic OH excluding ortho intramolecular Hbond substituents is 1. The number of para-hydroxylation sites is 2. The Bertz CT molecular complexity index is 1600. The molecule has 6 rings (SSSR count). The average Bonchev–Trinajstić information content (AvgIpc) is 3.28. The number of phenols is 1. The van der Waals surface area contributed by atoms with Crippen LogP contribution in [0.5, 0.6) is 5.75 Å². The number of aromatic nitrogens is 2. The fraction of sp³-hybridized carbons (Fsp3) is 0. The van der Waals surface area contributed by atoms with Gasteiger partial charge in [-0.1, -0.05) is 66.7 Å². The van der Waals surface area contributed by atoms with Gasteiger partial charge in [-0.3, -0.25) is 4.98 Å². The highest BCUT2D eigenvalue weighted by Gasteiger charge is 2.14. The van der Waals surface area contributed by atoms with E-state index < -0.39 is 0 Å². The monoisotopic (exact) mass is 430 g/mol. The molecule has 0 saturated heterocycles. The summed E-state index contributed by atoms with van der Waals surface area (Å²) in [5, 5.41) is 13.4. The highest BCUT2D eigenvalue weighted by Crippen LogP contribution is 2.39. The fourth-order valence-electron chi connectivity index (χ4n) is 4.13. The fourth-order valence-corrected chi connectivity index (χ4v) is 5.16. The molecule has 1 N–H and O–H groups in total. The van der Waals surface area contributed by atoms with E-state index >= 15 is 0 Å². The zero-order valence-corrected chi connectivity index (χ0v) is 17.9. The Labute approximate surface area is 189 Å². The number of hydrogen-bond acceptors (Lipinski definition) is 4. The molecule has 4 aromatic carbocycles. The summed E-state index contributed by atoms with van der Waals surface area (Å²) in [6.45, 7) is 0. The van der Waals surface area contributed by atoms with Crippen LogP contribution >= 0.6 is 11.3 Å². The van der Waals surface area contributed by atoms with Crippen LogP contribution in [0, 0.1) is 0 Å². The third-order valence-corrected chi connectivity index (χ3v) is 6.73. The Balaban J connectivity index is 1.51. The molecule has 0 amide bonds. The Morgan fingerprint density at radius 3 is 2.41 bits per heavy atom. The molecule has 3 nitrogen and oxygen atoms in total. The van der Waals surface area contributed by atoms with Gasteiger partial charge in [0.15, 0.2) is 0 Å². The molecule has 0 aliphatic carbocycles. The standard InChI is InChI=1S/C28H18N2OS/c31-24-13-4-3-11-23(24)28-30-27-22(12-6-14-25(27)32-28)19-8-5-9-20(17-19)26-21-10-2-1-7-18(21)15-16-29-26/h1-17,31H. The van der Waals surface area contributed by atoms with Crippen LogP contribution in [-0.4, -0.2) is 15.1 Å². The predicted molar refractivity (Wildman–Crippen MR) is 133 cm³/mol. The zero-order chi connectivity index (χ0) is 21.5. The minimum absolute atomic E-state index is 0.247. The smallest absolute Gasteiger partial charge is 0.128 e. The lowest BCUT2D eigenvalue weighted by molar-refractivity contribution is 0.477. The van der Waals surface area contributed by atoms with Gasteiger partial charge in [0.1, 0.15) is 10.8 Å². The lowest BCUT2D eigenvalue weighted by atomic mass is 9.98. The van der Waals surface area contributed by atoms with Crippen LogP contribution < -0.4 is 0 Å². The summed E-state index contributed by atoms with van der Waals surface area (Å²) in [5.41, 5.74) is 5.92. The van der Waals surface area contributed by atoms with Crippen LogP contribution in [-0.2, 0) is 0 Å². The molecule has 0 atom stereocenters. The molecule has 2 aromatic heterocycles. The van der Waals surface area contributed by atoms with E-state index in [0.29, 0.717) is 0 Å².